The highest BCUT2D eigenvalue weighted by molar-refractivity contribution is 5.90. The molecule has 0 spiro atoms. The van der Waals surface area contributed by atoms with Crippen LogP contribution in [0.3, 0.4) is 0 Å². The average Bonchev–Trinajstić information content (AvgIpc) is 2.53. The van der Waals surface area contributed by atoms with Crippen molar-refractivity contribution in [1.82, 2.24) is 0 Å². The van der Waals surface area contributed by atoms with Crippen LogP contribution in [0.1, 0.15) is 54.1 Å². The molecule has 2 aromatic carbocycles. The molecule has 0 bridgehead atoms. The Hall–Kier alpha value is -2.49. The van der Waals surface area contributed by atoms with Gasteiger partial charge in [0, 0.05) is 6.07 Å². The van der Waals surface area contributed by atoms with Gasteiger partial charge in [-0.15, -0.1) is 0 Å². The summed E-state index contributed by atoms with van der Waals surface area (Å²) < 4.78 is 5.65. The first kappa shape index (κ1) is 16.9. The zero-order chi connectivity index (χ0) is 16.8. The van der Waals surface area contributed by atoms with Gasteiger partial charge in [-0.25, -0.2) is 4.79 Å². The van der Waals surface area contributed by atoms with Crippen molar-refractivity contribution >= 4 is 5.97 Å². The molecule has 2 N–H and O–H groups in total. The maximum Gasteiger partial charge on any atom is 0.339 e. The summed E-state index contributed by atoms with van der Waals surface area (Å²) in [6.07, 6.45) is 2.30. The van der Waals surface area contributed by atoms with Gasteiger partial charge in [-0.3, -0.25) is 0 Å². The van der Waals surface area contributed by atoms with E-state index < -0.39 is 5.97 Å². The van der Waals surface area contributed by atoms with Gasteiger partial charge in [-0.05, 0) is 35.6 Å². The van der Waals surface area contributed by atoms with E-state index in [2.05, 4.69) is 26.0 Å². The first-order chi connectivity index (χ1) is 11.0. The predicted octanol–water partition coefficient (Wildman–Crippen LogP) is 4.57. The first-order valence-electron chi connectivity index (χ1n) is 7.79. The number of aromatic carboxylic acids is 1. The predicted molar refractivity (Wildman–Crippen MR) is 89.2 cm³/mol. The van der Waals surface area contributed by atoms with Crippen molar-refractivity contribution in [3.05, 3.63) is 59.2 Å². The molecule has 0 heterocycles. The van der Waals surface area contributed by atoms with Gasteiger partial charge in [0.15, 0.2) is 0 Å². The molecule has 0 aliphatic heterocycles. The fourth-order valence-corrected chi connectivity index (χ4v) is 2.54. The van der Waals surface area contributed by atoms with Crippen molar-refractivity contribution in [1.29, 1.82) is 0 Å². The molecular weight excluding hydrogens is 292 g/mol. The number of ether oxygens (including phenoxy) is 1. The van der Waals surface area contributed by atoms with Crippen LogP contribution >= 0.6 is 0 Å². The Labute approximate surface area is 136 Å². The van der Waals surface area contributed by atoms with E-state index in [1.54, 1.807) is 6.07 Å². The fourth-order valence-electron chi connectivity index (χ4n) is 2.54. The molecule has 4 nitrogen and oxygen atoms in total. The summed E-state index contributed by atoms with van der Waals surface area (Å²) in [6, 6.07) is 12.5. The van der Waals surface area contributed by atoms with E-state index in [1.165, 1.54) is 17.7 Å². The van der Waals surface area contributed by atoms with Gasteiger partial charge < -0.3 is 14.9 Å². The summed E-state index contributed by atoms with van der Waals surface area (Å²) in [5, 5.41) is 18.6. The smallest absolute Gasteiger partial charge is 0.339 e. The summed E-state index contributed by atoms with van der Waals surface area (Å²) in [6.45, 7) is 4.77. The van der Waals surface area contributed by atoms with Gasteiger partial charge in [0.2, 0.25) is 0 Å². The molecule has 2 rings (SSSR count). The Morgan fingerprint density at radius 2 is 2.00 bits per heavy atom. The molecule has 23 heavy (non-hydrogen) atoms. The normalized spacial score (nSPS) is 11.9. The lowest BCUT2D eigenvalue weighted by Crippen LogP contribution is -2.00. The number of hydrogen-bond acceptors (Lipinski definition) is 3. The van der Waals surface area contributed by atoms with Gasteiger partial charge >= 0.3 is 5.97 Å². The second-order valence-electron chi connectivity index (χ2n) is 5.71. The average molecular weight is 314 g/mol. The number of hydrogen-bond donors (Lipinski definition) is 2. The highest BCUT2D eigenvalue weighted by atomic mass is 16.5. The SMILES string of the molecule is CCCC(C)c1cccc(COc2ccc(C(=O)O)c(O)c2)c1. The fraction of sp³-hybridized carbons (Fsp3) is 0.316. The van der Waals surface area contributed by atoms with Crippen LogP contribution in [0.4, 0.5) is 0 Å². The van der Waals surface area contributed by atoms with Crippen molar-refractivity contribution in [3.8, 4) is 11.5 Å². The highest BCUT2D eigenvalue weighted by Crippen LogP contribution is 2.25. The van der Waals surface area contributed by atoms with Crippen molar-refractivity contribution < 1.29 is 19.7 Å². The van der Waals surface area contributed by atoms with Crippen LogP contribution in [0, 0.1) is 0 Å². The van der Waals surface area contributed by atoms with Gasteiger partial charge in [0.1, 0.15) is 23.7 Å². The first-order valence-corrected chi connectivity index (χ1v) is 7.79. The monoisotopic (exact) mass is 314 g/mol. The summed E-state index contributed by atoms with van der Waals surface area (Å²) in [5.74, 6) is -0.495. The topological polar surface area (TPSA) is 66.8 Å². The molecule has 122 valence electrons. The molecule has 0 amide bonds. The van der Waals surface area contributed by atoms with Gasteiger partial charge in [-0.2, -0.15) is 0 Å². The molecule has 0 saturated carbocycles. The third-order valence-electron chi connectivity index (χ3n) is 3.85. The summed E-state index contributed by atoms with van der Waals surface area (Å²) >= 11 is 0. The Kier molecular flexibility index (Phi) is 5.63. The van der Waals surface area contributed by atoms with Crippen molar-refractivity contribution in [3.63, 3.8) is 0 Å². The molecule has 4 heteroatoms. The minimum Gasteiger partial charge on any atom is -0.507 e. The molecule has 0 saturated heterocycles. The van der Waals surface area contributed by atoms with Gasteiger partial charge in [0.05, 0.1) is 0 Å². The summed E-state index contributed by atoms with van der Waals surface area (Å²) in [5.41, 5.74) is 2.21. The third kappa shape index (κ3) is 4.49. The molecule has 1 unspecified atom stereocenters. The van der Waals surface area contributed by atoms with Crippen LogP contribution in [0.25, 0.3) is 0 Å². The molecule has 0 fully saturated rings. The maximum atomic E-state index is 10.9. The third-order valence-corrected chi connectivity index (χ3v) is 3.85. The Bertz CT molecular complexity index is 679. The van der Waals surface area contributed by atoms with E-state index in [0.29, 0.717) is 18.3 Å². The molecular formula is C19H22O4. The van der Waals surface area contributed by atoms with Crippen LogP contribution in [0.15, 0.2) is 42.5 Å². The minimum atomic E-state index is -1.16. The maximum absolute atomic E-state index is 10.9. The standard InChI is InChI=1S/C19H22O4/c1-3-5-13(2)15-7-4-6-14(10-15)12-23-16-8-9-17(19(21)22)18(20)11-16/h4,6-11,13,20H,3,5,12H2,1-2H3,(H,21,22). The summed E-state index contributed by atoms with van der Waals surface area (Å²) in [4.78, 5) is 10.9. The van der Waals surface area contributed by atoms with E-state index >= 15 is 0 Å². The van der Waals surface area contributed by atoms with E-state index in [9.17, 15) is 9.90 Å². The lowest BCUT2D eigenvalue weighted by molar-refractivity contribution is 0.0693. The molecule has 0 aliphatic rings. The van der Waals surface area contributed by atoms with Crippen molar-refractivity contribution in [2.75, 3.05) is 0 Å². The van der Waals surface area contributed by atoms with E-state index in [-0.39, 0.29) is 11.3 Å². The molecule has 1 atom stereocenters. The lowest BCUT2D eigenvalue weighted by atomic mass is 9.95. The van der Waals surface area contributed by atoms with Crippen LogP contribution in [-0.2, 0) is 6.61 Å². The van der Waals surface area contributed by atoms with Crippen LogP contribution in [0.5, 0.6) is 11.5 Å². The van der Waals surface area contributed by atoms with E-state index in [1.807, 2.05) is 12.1 Å². The zero-order valence-electron chi connectivity index (χ0n) is 13.5. The van der Waals surface area contributed by atoms with Crippen LogP contribution < -0.4 is 4.74 Å². The van der Waals surface area contributed by atoms with Crippen molar-refractivity contribution in [2.45, 2.75) is 39.2 Å². The quantitative estimate of drug-likeness (QED) is 0.785. The Balaban J connectivity index is 2.05. The Morgan fingerprint density at radius 1 is 1.22 bits per heavy atom. The number of carbonyl (C=O) groups is 1. The number of phenols is 1. The molecule has 0 aliphatic carbocycles. The summed E-state index contributed by atoms with van der Waals surface area (Å²) in [7, 11) is 0. The number of rotatable bonds is 7. The number of benzene rings is 2. The van der Waals surface area contributed by atoms with E-state index in [4.69, 9.17) is 9.84 Å². The molecule has 0 aromatic heterocycles. The second kappa shape index (κ2) is 7.68. The molecule has 0 radical (unpaired) electrons. The Morgan fingerprint density at radius 3 is 2.65 bits per heavy atom. The van der Waals surface area contributed by atoms with Gasteiger partial charge in [0.25, 0.3) is 0 Å². The largest absolute Gasteiger partial charge is 0.507 e. The van der Waals surface area contributed by atoms with Crippen LogP contribution in [-0.4, -0.2) is 16.2 Å². The van der Waals surface area contributed by atoms with Gasteiger partial charge in [-0.1, -0.05) is 44.5 Å². The minimum absolute atomic E-state index is 0.132. The highest BCUT2D eigenvalue weighted by Gasteiger charge is 2.10. The number of aromatic hydroxyl groups is 1. The lowest BCUT2D eigenvalue weighted by Gasteiger charge is -2.13. The van der Waals surface area contributed by atoms with Crippen LogP contribution in [0.2, 0.25) is 0 Å². The second-order valence-corrected chi connectivity index (χ2v) is 5.71. The van der Waals surface area contributed by atoms with Crippen molar-refractivity contribution in [2.24, 2.45) is 0 Å². The number of carboxylic acid groups (broad SMARTS) is 1. The van der Waals surface area contributed by atoms with E-state index in [0.717, 1.165) is 18.4 Å². The number of carboxylic acids is 1. The zero-order valence-corrected chi connectivity index (χ0v) is 13.5. The molecule has 2 aromatic rings.